The van der Waals surface area contributed by atoms with Crippen molar-refractivity contribution < 1.29 is 28.3 Å². The van der Waals surface area contributed by atoms with Gasteiger partial charge in [0, 0.05) is 5.56 Å². The predicted octanol–water partition coefficient (Wildman–Crippen LogP) is 4.41. The average molecular weight is 486 g/mol. The maximum Gasteiger partial charge on any atom is 0.291 e. The van der Waals surface area contributed by atoms with Crippen LogP contribution in [-0.2, 0) is 0 Å². The number of hydrogen-bond donors (Lipinski definition) is 3. The quantitative estimate of drug-likeness (QED) is 0.386. The summed E-state index contributed by atoms with van der Waals surface area (Å²) in [5.41, 5.74) is 5.74. The molecule has 180 valence electrons. The molecule has 0 radical (unpaired) electrons. The lowest BCUT2D eigenvalue weighted by Gasteiger charge is -2.13. The number of anilines is 1. The van der Waals surface area contributed by atoms with E-state index in [0.717, 1.165) is 17.8 Å². The zero-order valence-corrected chi connectivity index (χ0v) is 20.2. The van der Waals surface area contributed by atoms with Crippen LogP contribution in [0.1, 0.15) is 56.4 Å². The standard InChI is InChI=1S/C24H27N3O6S/c1-14(2)9-11-33-17-8-7-16(13-19(17)31-4)22(28)26-27-24(30)21-15(3)12-20(34-21)25-23(29)18-6-5-10-32-18/h5-8,10,12-14H,9,11H2,1-4H3,(H,25,29)(H,26,28)(H,27,30). The molecule has 0 saturated carbocycles. The molecule has 0 fully saturated rings. The smallest absolute Gasteiger partial charge is 0.291 e. The van der Waals surface area contributed by atoms with Crippen molar-refractivity contribution in [1.29, 1.82) is 0 Å². The Morgan fingerprint density at radius 3 is 2.47 bits per heavy atom. The van der Waals surface area contributed by atoms with Crippen LogP contribution in [0.15, 0.2) is 47.1 Å². The van der Waals surface area contributed by atoms with Crippen LogP contribution in [0.4, 0.5) is 5.00 Å². The second-order valence-corrected chi connectivity index (χ2v) is 8.91. The van der Waals surface area contributed by atoms with E-state index in [9.17, 15) is 14.4 Å². The highest BCUT2D eigenvalue weighted by atomic mass is 32.1. The molecule has 0 bridgehead atoms. The lowest BCUT2D eigenvalue weighted by atomic mass is 10.1. The summed E-state index contributed by atoms with van der Waals surface area (Å²) in [4.78, 5) is 37.6. The second-order valence-electron chi connectivity index (χ2n) is 7.86. The van der Waals surface area contributed by atoms with Crippen molar-refractivity contribution in [2.24, 2.45) is 5.92 Å². The fourth-order valence-corrected chi connectivity index (χ4v) is 3.89. The Labute approximate surface area is 201 Å². The third-order valence-electron chi connectivity index (χ3n) is 4.77. The molecule has 0 saturated heterocycles. The van der Waals surface area contributed by atoms with Crippen molar-refractivity contribution >= 4 is 34.1 Å². The topological polar surface area (TPSA) is 119 Å². The molecule has 34 heavy (non-hydrogen) atoms. The normalized spacial score (nSPS) is 10.6. The largest absolute Gasteiger partial charge is 0.493 e. The maximum absolute atomic E-state index is 12.6. The molecule has 3 N–H and O–H groups in total. The SMILES string of the molecule is COc1cc(C(=O)NNC(=O)c2sc(NC(=O)c3ccco3)cc2C)ccc1OCCC(C)C. The molecule has 1 aromatic carbocycles. The van der Waals surface area contributed by atoms with E-state index in [1.165, 1.54) is 19.4 Å². The van der Waals surface area contributed by atoms with Gasteiger partial charge in [0.15, 0.2) is 17.3 Å². The Morgan fingerprint density at radius 1 is 1.03 bits per heavy atom. The zero-order valence-electron chi connectivity index (χ0n) is 19.4. The van der Waals surface area contributed by atoms with Gasteiger partial charge >= 0.3 is 0 Å². The van der Waals surface area contributed by atoms with E-state index in [0.29, 0.717) is 45.0 Å². The van der Waals surface area contributed by atoms with E-state index < -0.39 is 17.7 Å². The van der Waals surface area contributed by atoms with Gasteiger partial charge in [-0.05, 0) is 61.2 Å². The van der Waals surface area contributed by atoms with Crippen molar-refractivity contribution in [2.75, 3.05) is 19.0 Å². The Hall–Kier alpha value is -3.79. The number of aryl methyl sites for hydroxylation is 1. The van der Waals surface area contributed by atoms with Crippen molar-refractivity contribution in [3.8, 4) is 11.5 Å². The first-order valence-electron chi connectivity index (χ1n) is 10.6. The number of carbonyl (C=O) groups excluding carboxylic acids is 3. The number of thiophene rings is 1. The van der Waals surface area contributed by atoms with Gasteiger partial charge in [-0.25, -0.2) is 0 Å². The molecule has 2 heterocycles. The van der Waals surface area contributed by atoms with Gasteiger partial charge in [-0.15, -0.1) is 11.3 Å². The van der Waals surface area contributed by atoms with Crippen LogP contribution >= 0.6 is 11.3 Å². The highest BCUT2D eigenvalue weighted by Gasteiger charge is 2.18. The van der Waals surface area contributed by atoms with Gasteiger partial charge in [0.05, 0.1) is 29.9 Å². The van der Waals surface area contributed by atoms with Crippen LogP contribution in [0.25, 0.3) is 0 Å². The first-order valence-corrected chi connectivity index (χ1v) is 11.5. The van der Waals surface area contributed by atoms with Crippen LogP contribution in [0.3, 0.4) is 0 Å². The molecule has 0 aliphatic rings. The molecular formula is C24H27N3O6S. The van der Waals surface area contributed by atoms with Gasteiger partial charge in [0.25, 0.3) is 17.7 Å². The summed E-state index contributed by atoms with van der Waals surface area (Å²) < 4.78 is 16.1. The number of nitrogens with one attached hydrogen (secondary N) is 3. The summed E-state index contributed by atoms with van der Waals surface area (Å²) in [6, 6.07) is 9.62. The Morgan fingerprint density at radius 2 is 1.79 bits per heavy atom. The number of amides is 3. The van der Waals surface area contributed by atoms with E-state index in [2.05, 4.69) is 30.0 Å². The number of rotatable bonds is 9. The van der Waals surface area contributed by atoms with Crippen LogP contribution in [0.2, 0.25) is 0 Å². The zero-order chi connectivity index (χ0) is 24.7. The molecule has 3 aromatic rings. The molecule has 9 nitrogen and oxygen atoms in total. The number of furan rings is 1. The number of methoxy groups -OCH3 is 1. The summed E-state index contributed by atoms with van der Waals surface area (Å²) in [7, 11) is 1.50. The van der Waals surface area contributed by atoms with E-state index in [4.69, 9.17) is 13.9 Å². The first kappa shape index (κ1) is 24.8. The van der Waals surface area contributed by atoms with Crippen LogP contribution < -0.4 is 25.6 Å². The first-order chi connectivity index (χ1) is 16.3. The molecule has 0 spiro atoms. The summed E-state index contributed by atoms with van der Waals surface area (Å²) in [6.07, 6.45) is 2.30. The number of carbonyl (C=O) groups is 3. The molecule has 0 aliphatic carbocycles. The Balaban J connectivity index is 1.58. The highest BCUT2D eigenvalue weighted by molar-refractivity contribution is 7.18. The second kappa shape index (κ2) is 11.4. The minimum atomic E-state index is -0.513. The molecule has 3 rings (SSSR count). The average Bonchev–Trinajstić information content (AvgIpc) is 3.47. The summed E-state index contributed by atoms with van der Waals surface area (Å²) in [6.45, 7) is 6.49. The maximum atomic E-state index is 12.6. The Kier molecular flexibility index (Phi) is 8.31. The minimum Gasteiger partial charge on any atom is -0.493 e. The van der Waals surface area contributed by atoms with Crippen LogP contribution in [0, 0.1) is 12.8 Å². The number of hydrogen-bond acceptors (Lipinski definition) is 7. The number of hydrazine groups is 1. The third kappa shape index (κ3) is 6.38. The monoisotopic (exact) mass is 485 g/mol. The van der Waals surface area contributed by atoms with Gasteiger partial charge in [0.2, 0.25) is 0 Å². The molecule has 2 aromatic heterocycles. The summed E-state index contributed by atoms with van der Waals surface area (Å²) in [5.74, 6) is 0.204. The molecule has 0 unspecified atom stereocenters. The third-order valence-corrected chi connectivity index (χ3v) is 5.93. The van der Waals surface area contributed by atoms with Crippen LogP contribution in [0.5, 0.6) is 11.5 Å². The lowest BCUT2D eigenvalue weighted by Crippen LogP contribution is -2.41. The van der Waals surface area contributed by atoms with Gasteiger partial charge in [0.1, 0.15) is 0 Å². The number of ether oxygens (including phenoxy) is 2. The van der Waals surface area contributed by atoms with E-state index >= 15 is 0 Å². The molecule has 0 atom stereocenters. The van der Waals surface area contributed by atoms with Gasteiger partial charge in [-0.3, -0.25) is 25.2 Å². The van der Waals surface area contributed by atoms with E-state index in [1.54, 1.807) is 37.3 Å². The van der Waals surface area contributed by atoms with Crippen LogP contribution in [-0.4, -0.2) is 31.4 Å². The minimum absolute atomic E-state index is 0.163. The van der Waals surface area contributed by atoms with Gasteiger partial charge in [-0.1, -0.05) is 13.8 Å². The van der Waals surface area contributed by atoms with Gasteiger partial charge in [-0.2, -0.15) is 0 Å². The molecular weight excluding hydrogens is 458 g/mol. The molecule has 10 heteroatoms. The van der Waals surface area contributed by atoms with Crippen molar-refractivity contribution in [3.63, 3.8) is 0 Å². The van der Waals surface area contributed by atoms with Gasteiger partial charge < -0.3 is 19.2 Å². The Bertz CT molecular complexity index is 1150. The van der Waals surface area contributed by atoms with Crippen molar-refractivity contribution in [2.45, 2.75) is 27.2 Å². The fraction of sp³-hybridized carbons (Fsp3) is 0.292. The highest BCUT2D eigenvalue weighted by Crippen LogP contribution is 2.29. The molecule has 3 amide bonds. The van der Waals surface area contributed by atoms with E-state index in [-0.39, 0.29) is 5.76 Å². The predicted molar refractivity (Wildman–Crippen MR) is 129 cm³/mol. The number of benzene rings is 1. The lowest BCUT2D eigenvalue weighted by molar-refractivity contribution is 0.0848. The molecule has 0 aliphatic heterocycles. The van der Waals surface area contributed by atoms with E-state index in [1.807, 2.05) is 0 Å². The van der Waals surface area contributed by atoms with Crippen molar-refractivity contribution in [3.05, 3.63) is 64.4 Å². The summed E-state index contributed by atoms with van der Waals surface area (Å²) >= 11 is 1.08. The summed E-state index contributed by atoms with van der Waals surface area (Å²) in [5, 5.41) is 3.16. The van der Waals surface area contributed by atoms with Crippen molar-refractivity contribution in [1.82, 2.24) is 10.9 Å². The fourth-order valence-electron chi connectivity index (χ4n) is 2.93.